The molecule has 2 N–H and O–H groups in total. The molecular weight excluding hydrogens is 312 g/mol. The smallest absolute Gasteiger partial charge is 0.118 e. The second kappa shape index (κ2) is 9.48. The molecule has 1 aromatic carbocycles. The van der Waals surface area contributed by atoms with Crippen molar-refractivity contribution in [3.05, 3.63) is 29.8 Å². The van der Waals surface area contributed by atoms with Crippen LogP contribution in [0.5, 0.6) is 5.75 Å². The summed E-state index contributed by atoms with van der Waals surface area (Å²) in [6, 6.07) is 9.56. The molecule has 1 aliphatic heterocycles. The maximum absolute atomic E-state index is 5.64. The molecule has 3 unspecified atom stereocenters. The molecule has 2 aliphatic rings. The highest BCUT2D eigenvalue weighted by Gasteiger charge is 2.34. The Balaban J connectivity index is 0.00000192. The first-order chi connectivity index (χ1) is 10.9. The number of hydrogen-bond acceptors (Lipinski definition) is 4. The lowest BCUT2D eigenvalue weighted by atomic mass is 9.94. The molecular formula is C18H29ClN2O2. The molecule has 1 saturated heterocycles. The van der Waals surface area contributed by atoms with E-state index in [9.17, 15) is 0 Å². The van der Waals surface area contributed by atoms with Gasteiger partial charge in [0.05, 0.1) is 20.3 Å². The standard InChI is InChI=1S/C18H28N2O2.ClH/c1-21-15-7-5-14(6-8-15)9-10-19-17-4-2-3-16(17)18-13-22-12-11-20-18;/h5-8,16-20H,2-4,9-13H2,1H3;1H. The van der Waals surface area contributed by atoms with Gasteiger partial charge in [0.1, 0.15) is 5.75 Å². The molecule has 130 valence electrons. The summed E-state index contributed by atoms with van der Waals surface area (Å²) < 4.78 is 10.8. The van der Waals surface area contributed by atoms with Crippen molar-refractivity contribution >= 4 is 12.4 Å². The van der Waals surface area contributed by atoms with Crippen LogP contribution in [0.2, 0.25) is 0 Å². The van der Waals surface area contributed by atoms with Gasteiger partial charge in [0.15, 0.2) is 0 Å². The van der Waals surface area contributed by atoms with Crippen LogP contribution in [0.4, 0.5) is 0 Å². The number of nitrogens with one attached hydrogen (secondary N) is 2. The average molecular weight is 341 g/mol. The minimum absolute atomic E-state index is 0. The molecule has 23 heavy (non-hydrogen) atoms. The highest BCUT2D eigenvalue weighted by atomic mass is 35.5. The van der Waals surface area contributed by atoms with Gasteiger partial charge in [-0.1, -0.05) is 18.6 Å². The Labute approximate surface area is 145 Å². The lowest BCUT2D eigenvalue weighted by Gasteiger charge is -2.33. The van der Waals surface area contributed by atoms with E-state index < -0.39 is 0 Å². The average Bonchev–Trinajstić information content (AvgIpc) is 3.05. The van der Waals surface area contributed by atoms with Crippen LogP contribution in [0, 0.1) is 5.92 Å². The lowest BCUT2D eigenvalue weighted by molar-refractivity contribution is 0.0526. The van der Waals surface area contributed by atoms with Crippen molar-refractivity contribution in [2.75, 3.05) is 33.4 Å². The van der Waals surface area contributed by atoms with Crippen LogP contribution in [-0.2, 0) is 11.2 Å². The zero-order valence-electron chi connectivity index (χ0n) is 13.9. The molecule has 5 heteroatoms. The minimum Gasteiger partial charge on any atom is -0.497 e. The third kappa shape index (κ3) is 5.08. The Morgan fingerprint density at radius 1 is 1.26 bits per heavy atom. The highest BCUT2D eigenvalue weighted by molar-refractivity contribution is 5.85. The fraction of sp³-hybridized carbons (Fsp3) is 0.667. The summed E-state index contributed by atoms with van der Waals surface area (Å²) in [4.78, 5) is 0. The van der Waals surface area contributed by atoms with Gasteiger partial charge in [-0.15, -0.1) is 12.4 Å². The van der Waals surface area contributed by atoms with Gasteiger partial charge in [-0.25, -0.2) is 0 Å². The van der Waals surface area contributed by atoms with Gasteiger partial charge in [0.25, 0.3) is 0 Å². The first-order valence-corrected chi connectivity index (χ1v) is 8.54. The van der Waals surface area contributed by atoms with E-state index in [2.05, 4.69) is 22.8 Å². The van der Waals surface area contributed by atoms with Crippen LogP contribution in [0.3, 0.4) is 0 Å². The third-order valence-corrected chi connectivity index (χ3v) is 5.02. The predicted molar refractivity (Wildman–Crippen MR) is 95.7 cm³/mol. The molecule has 0 bridgehead atoms. The molecule has 2 fully saturated rings. The van der Waals surface area contributed by atoms with E-state index in [-0.39, 0.29) is 12.4 Å². The molecule has 3 rings (SSSR count). The van der Waals surface area contributed by atoms with Crippen LogP contribution in [-0.4, -0.2) is 45.5 Å². The molecule has 1 aromatic rings. The summed E-state index contributed by atoms with van der Waals surface area (Å²) in [6.45, 7) is 3.78. The Morgan fingerprint density at radius 3 is 2.78 bits per heavy atom. The van der Waals surface area contributed by atoms with E-state index in [0.29, 0.717) is 12.1 Å². The van der Waals surface area contributed by atoms with E-state index in [1.807, 2.05) is 12.1 Å². The Bertz CT molecular complexity index is 449. The van der Waals surface area contributed by atoms with Gasteiger partial charge in [0.2, 0.25) is 0 Å². The summed E-state index contributed by atoms with van der Waals surface area (Å²) in [5.74, 6) is 1.65. The molecule has 1 heterocycles. The van der Waals surface area contributed by atoms with Crippen molar-refractivity contribution < 1.29 is 9.47 Å². The van der Waals surface area contributed by atoms with Gasteiger partial charge in [0, 0.05) is 18.6 Å². The first kappa shape index (κ1) is 18.5. The van der Waals surface area contributed by atoms with Crippen LogP contribution in [0.25, 0.3) is 0 Å². The molecule has 1 aliphatic carbocycles. The Kier molecular flexibility index (Phi) is 7.63. The summed E-state index contributed by atoms with van der Waals surface area (Å²) >= 11 is 0. The quantitative estimate of drug-likeness (QED) is 0.834. The van der Waals surface area contributed by atoms with Crippen molar-refractivity contribution in [3.8, 4) is 5.75 Å². The van der Waals surface area contributed by atoms with Gasteiger partial charge in [-0.2, -0.15) is 0 Å². The maximum Gasteiger partial charge on any atom is 0.118 e. The van der Waals surface area contributed by atoms with E-state index in [4.69, 9.17) is 9.47 Å². The fourth-order valence-corrected chi connectivity index (χ4v) is 3.78. The highest BCUT2D eigenvalue weighted by Crippen LogP contribution is 2.29. The maximum atomic E-state index is 5.64. The molecule has 0 spiro atoms. The van der Waals surface area contributed by atoms with Crippen LogP contribution in [0.1, 0.15) is 24.8 Å². The van der Waals surface area contributed by atoms with Crippen molar-refractivity contribution in [2.45, 2.75) is 37.8 Å². The Morgan fingerprint density at radius 2 is 2.09 bits per heavy atom. The van der Waals surface area contributed by atoms with Crippen LogP contribution >= 0.6 is 12.4 Å². The van der Waals surface area contributed by atoms with Gasteiger partial charge < -0.3 is 20.1 Å². The number of hydrogen-bond donors (Lipinski definition) is 2. The predicted octanol–water partition coefficient (Wildman–Crippen LogP) is 2.41. The van der Waals surface area contributed by atoms with Crippen molar-refractivity contribution in [1.82, 2.24) is 10.6 Å². The fourth-order valence-electron chi connectivity index (χ4n) is 3.78. The second-order valence-corrected chi connectivity index (χ2v) is 6.39. The SMILES string of the molecule is COc1ccc(CCNC2CCCC2C2COCCN2)cc1.Cl. The normalized spacial score (nSPS) is 27.4. The lowest BCUT2D eigenvalue weighted by Crippen LogP contribution is -2.51. The van der Waals surface area contributed by atoms with E-state index in [1.165, 1.54) is 24.8 Å². The van der Waals surface area contributed by atoms with E-state index in [1.54, 1.807) is 7.11 Å². The minimum atomic E-state index is 0. The molecule has 0 radical (unpaired) electrons. The number of rotatable bonds is 6. The summed E-state index contributed by atoms with van der Waals surface area (Å²) in [6.07, 6.45) is 5.03. The first-order valence-electron chi connectivity index (χ1n) is 8.54. The summed E-state index contributed by atoms with van der Waals surface area (Å²) in [5.41, 5.74) is 1.36. The third-order valence-electron chi connectivity index (χ3n) is 5.02. The summed E-state index contributed by atoms with van der Waals surface area (Å²) in [5, 5.41) is 7.41. The van der Waals surface area contributed by atoms with Crippen LogP contribution in [0.15, 0.2) is 24.3 Å². The number of morpholine rings is 1. The van der Waals surface area contributed by atoms with Crippen molar-refractivity contribution in [2.24, 2.45) is 5.92 Å². The van der Waals surface area contributed by atoms with Crippen molar-refractivity contribution in [1.29, 1.82) is 0 Å². The molecule has 4 nitrogen and oxygen atoms in total. The number of ether oxygens (including phenoxy) is 2. The molecule has 1 saturated carbocycles. The topological polar surface area (TPSA) is 42.5 Å². The zero-order chi connectivity index (χ0) is 15.2. The van der Waals surface area contributed by atoms with E-state index >= 15 is 0 Å². The molecule has 0 aromatic heterocycles. The zero-order valence-corrected chi connectivity index (χ0v) is 14.7. The molecule has 0 amide bonds. The summed E-state index contributed by atoms with van der Waals surface area (Å²) in [7, 11) is 1.71. The van der Waals surface area contributed by atoms with E-state index in [0.717, 1.165) is 44.4 Å². The monoisotopic (exact) mass is 340 g/mol. The molecule has 3 atom stereocenters. The van der Waals surface area contributed by atoms with Crippen LogP contribution < -0.4 is 15.4 Å². The number of methoxy groups -OCH3 is 1. The van der Waals surface area contributed by atoms with Gasteiger partial charge >= 0.3 is 0 Å². The van der Waals surface area contributed by atoms with Crippen molar-refractivity contribution in [3.63, 3.8) is 0 Å². The van der Waals surface area contributed by atoms with Gasteiger partial charge in [-0.05, 0) is 49.4 Å². The second-order valence-electron chi connectivity index (χ2n) is 6.39. The van der Waals surface area contributed by atoms with Gasteiger partial charge in [-0.3, -0.25) is 0 Å². The number of benzene rings is 1. The Hall–Kier alpha value is -0.810. The number of halogens is 1. The largest absolute Gasteiger partial charge is 0.497 e.